The molecule has 21 heavy (non-hydrogen) atoms. The molecule has 0 spiro atoms. The van der Waals surface area contributed by atoms with E-state index in [0.717, 1.165) is 10.9 Å². The first-order valence-corrected chi connectivity index (χ1v) is 7.98. The second-order valence-corrected chi connectivity index (χ2v) is 6.44. The van der Waals surface area contributed by atoms with Crippen LogP contribution in [0.1, 0.15) is 5.56 Å². The molecular formula is C16H14N2O2S. The number of aromatic nitrogens is 1. The second kappa shape index (κ2) is 5.18. The minimum absolute atomic E-state index is 0.276. The summed E-state index contributed by atoms with van der Waals surface area (Å²) in [4.78, 5) is 4.53. The number of aryl methyl sites for hydroxylation is 1. The smallest absolute Gasteiger partial charge is 0.262 e. The van der Waals surface area contributed by atoms with Gasteiger partial charge in [0, 0.05) is 5.39 Å². The fourth-order valence-corrected chi connectivity index (χ4v) is 3.48. The number of fused-ring (bicyclic) bond motifs is 1. The first-order valence-electron chi connectivity index (χ1n) is 6.49. The SMILES string of the molecule is Cc1ccccc1S(=O)(=O)Nc1cnc2ccccc2c1. The van der Waals surface area contributed by atoms with Crippen LogP contribution in [0.3, 0.4) is 0 Å². The van der Waals surface area contributed by atoms with Crippen molar-refractivity contribution in [1.29, 1.82) is 0 Å². The van der Waals surface area contributed by atoms with E-state index in [1.807, 2.05) is 30.3 Å². The molecule has 1 N–H and O–H groups in total. The molecule has 0 amide bonds. The van der Waals surface area contributed by atoms with Gasteiger partial charge in [0.1, 0.15) is 0 Å². The Balaban J connectivity index is 1.99. The lowest BCUT2D eigenvalue weighted by molar-refractivity contribution is 0.600. The maximum absolute atomic E-state index is 12.4. The Hall–Kier alpha value is -2.40. The van der Waals surface area contributed by atoms with Crippen LogP contribution in [-0.2, 0) is 10.0 Å². The highest BCUT2D eigenvalue weighted by molar-refractivity contribution is 7.92. The summed E-state index contributed by atoms with van der Waals surface area (Å²) in [7, 11) is -3.60. The highest BCUT2D eigenvalue weighted by Crippen LogP contribution is 2.21. The molecule has 0 fully saturated rings. The van der Waals surface area contributed by atoms with E-state index in [-0.39, 0.29) is 4.90 Å². The number of nitrogens with zero attached hydrogens (tertiary/aromatic N) is 1. The number of nitrogens with one attached hydrogen (secondary N) is 1. The Morgan fingerprint density at radius 3 is 2.52 bits per heavy atom. The topological polar surface area (TPSA) is 59.1 Å². The van der Waals surface area contributed by atoms with Crippen LogP contribution in [0.2, 0.25) is 0 Å². The molecule has 1 heterocycles. The van der Waals surface area contributed by atoms with Gasteiger partial charge in [0.25, 0.3) is 10.0 Å². The molecule has 5 heteroatoms. The van der Waals surface area contributed by atoms with Gasteiger partial charge in [-0.1, -0.05) is 36.4 Å². The van der Waals surface area contributed by atoms with Gasteiger partial charge in [0.05, 0.1) is 22.3 Å². The van der Waals surface area contributed by atoms with Gasteiger partial charge in [-0.15, -0.1) is 0 Å². The molecule has 0 aliphatic carbocycles. The minimum atomic E-state index is -3.60. The summed E-state index contributed by atoms with van der Waals surface area (Å²) < 4.78 is 27.4. The van der Waals surface area contributed by atoms with Crippen molar-refractivity contribution in [3.05, 3.63) is 66.4 Å². The summed E-state index contributed by atoms with van der Waals surface area (Å²) in [5.41, 5.74) is 1.99. The van der Waals surface area contributed by atoms with Gasteiger partial charge < -0.3 is 0 Å². The molecule has 0 radical (unpaired) electrons. The van der Waals surface area contributed by atoms with Crippen molar-refractivity contribution in [2.24, 2.45) is 0 Å². The zero-order valence-electron chi connectivity index (χ0n) is 11.4. The van der Waals surface area contributed by atoms with Gasteiger partial charge in [0.15, 0.2) is 0 Å². The van der Waals surface area contributed by atoms with E-state index in [1.54, 1.807) is 31.2 Å². The van der Waals surface area contributed by atoms with E-state index in [2.05, 4.69) is 9.71 Å². The Bertz CT molecular complexity index is 905. The molecule has 0 atom stereocenters. The fraction of sp³-hybridized carbons (Fsp3) is 0.0625. The lowest BCUT2D eigenvalue weighted by Crippen LogP contribution is -2.14. The molecule has 106 valence electrons. The van der Waals surface area contributed by atoms with Gasteiger partial charge in [0.2, 0.25) is 0 Å². The first-order chi connectivity index (χ1) is 10.1. The van der Waals surface area contributed by atoms with Gasteiger partial charge in [-0.25, -0.2) is 8.42 Å². The third-order valence-electron chi connectivity index (χ3n) is 3.23. The second-order valence-electron chi connectivity index (χ2n) is 4.79. The fourth-order valence-electron chi connectivity index (χ4n) is 2.19. The van der Waals surface area contributed by atoms with Crippen LogP contribution in [-0.4, -0.2) is 13.4 Å². The number of hydrogen-bond acceptors (Lipinski definition) is 3. The number of benzene rings is 2. The maximum Gasteiger partial charge on any atom is 0.262 e. The third kappa shape index (κ3) is 2.73. The standard InChI is InChI=1S/C16H14N2O2S/c1-12-6-2-5-9-16(12)21(19,20)18-14-10-13-7-3-4-8-15(13)17-11-14/h2-11,18H,1H3. The molecule has 1 aromatic heterocycles. The summed E-state index contributed by atoms with van der Waals surface area (Å²) in [5, 5.41) is 0.891. The summed E-state index contributed by atoms with van der Waals surface area (Å²) in [6, 6.07) is 16.2. The van der Waals surface area contributed by atoms with Crippen LogP contribution >= 0.6 is 0 Å². The van der Waals surface area contributed by atoms with Crippen LogP contribution < -0.4 is 4.72 Å². The highest BCUT2D eigenvalue weighted by atomic mass is 32.2. The number of rotatable bonds is 3. The monoisotopic (exact) mass is 298 g/mol. The maximum atomic E-state index is 12.4. The van der Waals surface area contributed by atoms with Gasteiger partial charge in [-0.05, 0) is 30.7 Å². The molecule has 0 aliphatic rings. The summed E-state index contributed by atoms with van der Waals surface area (Å²) >= 11 is 0. The van der Waals surface area contributed by atoms with Crippen molar-refractivity contribution < 1.29 is 8.42 Å². The molecule has 0 aliphatic heterocycles. The van der Waals surface area contributed by atoms with Gasteiger partial charge in [-0.3, -0.25) is 9.71 Å². The van der Waals surface area contributed by atoms with Crippen molar-refractivity contribution >= 4 is 26.6 Å². The molecule has 0 unspecified atom stereocenters. The number of sulfonamides is 1. The predicted octanol–water partition coefficient (Wildman–Crippen LogP) is 3.34. The van der Waals surface area contributed by atoms with Gasteiger partial charge >= 0.3 is 0 Å². The molecule has 4 nitrogen and oxygen atoms in total. The van der Waals surface area contributed by atoms with E-state index in [9.17, 15) is 8.42 Å². The van der Waals surface area contributed by atoms with Crippen molar-refractivity contribution in [3.8, 4) is 0 Å². The van der Waals surface area contributed by atoms with Crippen LogP contribution in [0.5, 0.6) is 0 Å². The highest BCUT2D eigenvalue weighted by Gasteiger charge is 2.16. The summed E-state index contributed by atoms with van der Waals surface area (Å²) in [6.07, 6.45) is 1.53. The molecule has 3 rings (SSSR count). The zero-order chi connectivity index (χ0) is 14.9. The summed E-state index contributed by atoms with van der Waals surface area (Å²) in [5.74, 6) is 0. The molecule has 0 bridgehead atoms. The van der Waals surface area contributed by atoms with Crippen molar-refractivity contribution in [2.45, 2.75) is 11.8 Å². The minimum Gasteiger partial charge on any atom is -0.278 e. The Kier molecular flexibility index (Phi) is 3.35. The molecule has 0 saturated heterocycles. The number of para-hydroxylation sites is 1. The molecule has 0 saturated carbocycles. The quantitative estimate of drug-likeness (QED) is 0.806. The largest absolute Gasteiger partial charge is 0.278 e. The van der Waals surface area contributed by atoms with E-state index < -0.39 is 10.0 Å². The number of anilines is 1. The molecular weight excluding hydrogens is 284 g/mol. The van der Waals surface area contributed by atoms with Crippen LogP contribution in [0.4, 0.5) is 5.69 Å². The third-order valence-corrected chi connectivity index (χ3v) is 4.77. The molecule has 2 aromatic carbocycles. The van der Waals surface area contributed by atoms with E-state index >= 15 is 0 Å². The lowest BCUT2D eigenvalue weighted by Gasteiger charge is -2.10. The number of hydrogen-bond donors (Lipinski definition) is 1. The number of pyridine rings is 1. The van der Waals surface area contributed by atoms with Crippen molar-refractivity contribution in [3.63, 3.8) is 0 Å². The lowest BCUT2D eigenvalue weighted by atomic mass is 10.2. The average molecular weight is 298 g/mol. The predicted molar refractivity (Wildman–Crippen MR) is 83.7 cm³/mol. The van der Waals surface area contributed by atoms with Crippen LogP contribution in [0.25, 0.3) is 10.9 Å². The zero-order valence-corrected chi connectivity index (χ0v) is 12.3. The van der Waals surface area contributed by atoms with E-state index in [0.29, 0.717) is 11.3 Å². The van der Waals surface area contributed by atoms with E-state index in [1.165, 1.54) is 6.20 Å². The van der Waals surface area contributed by atoms with E-state index in [4.69, 9.17) is 0 Å². The van der Waals surface area contributed by atoms with Crippen LogP contribution in [0, 0.1) is 6.92 Å². The Morgan fingerprint density at radius 1 is 1.00 bits per heavy atom. The Labute approximate surface area is 123 Å². The normalized spacial score (nSPS) is 11.5. The Morgan fingerprint density at radius 2 is 1.71 bits per heavy atom. The first kappa shape index (κ1) is 13.6. The van der Waals surface area contributed by atoms with Gasteiger partial charge in [-0.2, -0.15) is 0 Å². The van der Waals surface area contributed by atoms with Crippen LogP contribution in [0.15, 0.2) is 65.7 Å². The van der Waals surface area contributed by atoms with Crippen molar-refractivity contribution in [2.75, 3.05) is 4.72 Å². The average Bonchev–Trinajstić information content (AvgIpc) is 2.47. The summed E-state index contributed by atoms with van der Waals surface area (Å²) in [6.45, 7) is 1.77. The molecule has 3 aromatic rings. The van der Waals surface area contributed by atoms with Crippen molar-refractivity contribution in [1.82, 2.24) is 4.98 Å².